The van der Waals surface area contributed by atoms with E-state index in [4.69, 9.17) is 20.8 Å². The number of ether oxygens (including phenoxy) is 1. The Morgan fingerprint density at radius 2 is 2.12 bits per heavy atom. The van der Waals surface area contributed by atoms with Crippen LogP contribution in [-0.2, 0) is 6.54 Å². The number of alkyl halides is 3. The maximum absolute atomic E-state index is 12.3. The molecule has 0 spiro atoms. The number of benzene rings is 1. The van der Waals surface area contributed by atoms with Gasteiger partial charge in [0.1, 0.15) is 12.3 Å². The van der Waals surface area contributed by atoms with Crippen molar-refractivity contribution in [3.63, 3.8) is 0 Å². The first-order valence-corrected chi connectivity index (χ1v) is 7.32. The van der Waals surface area contributed by atoms with Gasteiger partial charge in [-0.3, -0.25) is 0 Å². The molecule has 0 unspecified atom stereocenters. The molecule has 0 saturated carbocycles. The average molecular weight is 379 g/mol. The molecule has 25 heavy (non-hydrogen) atoms. The number of nitrogens with zero attached hydrogens (tertiary/aromatic N) is 3. The first kappa shape index (κ1) is 18.8. The number of amides is 2. The number of anilines is 1. The molecule has 2 rings (SSSR count). The lowest BCUT2D eigenvalue weighted by atomic mass is 10.3. The molecular formula is C14H14ClF3N4O3. The van der Waals surface area contributed by atoms with Crippen molar-refractivity contribution >= 4 is 23.3 Å². The van der Waals surface area contributed by atoms with Gasteiger partial charge in [0.15, 0.2) is 6.61 Å². The van der Waals surface area contributed by atoms with Gasteiger partial charge < -0.3 is 19.4 Å². The number of urea groups is 1. The summed E-state index contributed by atoms with van der Waals surface area (Å²) in [5, 5.41) is 10.1. The number of nitrogens with one attached hydrogen (secondary N) is 1. The second-order valence-corrected chi connectivity index (χ2v) is 5.48. The Bertz CT molecular complexity index is 751. The lowest BCUT2D eigenvalue weighted by molar-refractivity contribution is -0.153. The molecule has 0 aliphatic heterocycles. The fourth-order valence-electron chi connectivity index (χ4n) is 1.77. The van der Waals surface area contributed by atoms with Crippen LogP contribution >= 0.6 is 11.6 Å². The number of hydrogen-bond acceptors (Lipinski definition) is 5. The van der Waals surface area contributed by atoms with Crippen molar-refractivity contribution in [1.82, 2.24) is 15.1 Å². The van der Waals surface area contributed by atoms with Crippen LogP contribution in [0.25, 0.3) is 0 Å². The third-order valence-corrected chi connectivity index (χ3v) is 3.10. The third kappa shape index (κ3) is 5.82. The third-order valence-electron chi connectivity index (χ3n) is 2.86. The monoisotopic (exact) mass is 378 g/mol. The second kappa shape index (κ2) is 7.60. The van der Waals surface area contributed by atoms with Crippen molar-refractivity contribution < 1.29 is 27.1 Å². The number of aromatic nitrogens is 2. The Morgan fingerprint density at radius 1 is 1.40 bits per heavy atom. The van der Waals surface area contributed by atoms with Gasteiger partial charge in [-0.2, -0.15) is 13.2 Å². The molecule has 0 radical (unpaired) electrons. The number of carbonyl (C=O) groups is 1. The first-order chi connectivity index (χ1) is 11.6. The van der Waals surface area contributed by atoms with Gasteiger partial charge in [-0.15, -0.1) is 10.2 Å². The van der Waals surface area contributed by atoms with E-state index in [-0.39, 0.29) is 28.9 Å². The topological polar surface area (TPSA) is 80.5 Å². The standard InChI is InChI=1S/C14H14ClF3N4O3/c1-8-20-21-12(25-8)6-22(2)13(23)19-10-5-9(15)3-4-11(10)24-7-14(16,17)18/h3-5H,6-7H2,1-2H3,(H,19,23). The highest BCUT2D eigenvalue weighted by Crippen LogP contribution is 2.30. The molecule has 1 N–H and O–H groups in total. The maximum Gasteiger partial charge on any atom is 0.422 e. The van der Waals surface area contributed by atoms with Gasteiger partial charge in [0.2, 0.25) is 11.8 Å². The zero-order valence-corrected chi connectivity index (χ0v) is 14.0. The van der Waals surface area contributed by atoms with Crippen LogP contribution in [-0.4, -0.2) is 41.0 Å². The number of halogens is 4. The van der Waals surface area contributed by atoms with Crippen LogP contribution in [0.2, 0.25) is 5.02 Å². The number of rotatable bonds is 5. The van der Waals surface area contributed by atoms with Gasteiger partial charge >= 0.3 is 12.2 Å². The second-order valence-electron chi connectivity index (χ2n) is 5.05. The van der Waals surface area contributed by atoms with E-state index in [1.807, 2.05) is 0 Å². The van der Waals surface area contributed by atoms with E-state index in [2.05, 4.69) is 15.5 Å². The minimum absolute atomic E-state index is 0.00955. The molecule has 2 amide bonds. The molecule has 136 valence electrons. The van der Waals surface area contributed by atoms with Crippen molar-refractivity contribution in [2.24, 2.45) is 0 Å². The molecule has 0 atom stereocenters. The Balaban J connectivity index is 2.06. The fourth-order valence-corrected chi connectivity index (χ4v) is 1.94. The predicted octanol–water partition coefficient (Wildman–Crippen LogP) is 3.64. The molecule has 0 aliphatic carbocycles. The Labute approximate surface area is 145 Å². The van der Waals surface area contributed by atoms with Gasteiger partial charge in [-0.25, -0.2) is 4.79 Å². The smallest absolute Gasteiger partial charge is 0.422 e. The lowest BCUT2D eigenvalue weighted by Gasteiger charge is -2.18. The summed E-state index contributed by atoms with van der Waals surface area (Å²) in [6, 6.07) is 3.27. The summed E-state index contributed by atoms with van der Waals surface area (Å²) in [5.41, 5.74) is 0.00955. The highest BCUT2D eigenvalue weighted by molar-refractivity contribution is 6.31. The van der Waals surface area contributed by atoms with E-state index < -0.39 is 18.8 Å². The summed E-state index contributed by atoms with van der Waals surface area (Å²) in [4.78, 5) is 13.4. The van der Waals surface area contributed by atoms with Crippen molar-refractivity contribution in [3.05, 3.63) is 35.0 Å². The minimum atomic E-state index is -4.51. The fraction of sp³-hybridized carbons (Fsp3) is 0.357. The van der Waals surface area contributed by atoms with Crippen LogP contribution in [0.4, 0.5) is 23.7 Å². The minimum Gasteiger partial charge on any atom is -0.482 e. The molecule has 11 heteroatoms. The van der Waals surface area contributed by atoms with E-state index in [1.165, 1.54) is 30.1 Å². The summed E-state index contributed by atoms with van der Waals surface area (Å²) in [5.74, 6) is 0.411. The van der Waals surface area contributed by atoms with Crippen LogP contribution < -0.4 is 10.1 Å². The molecule has 1 aromatic carbocycles. The summed E-state index contributed by atoms with van der Waals surface area (Å²) >= 11 is 5.83. The molecule has 7 nitrogen and oxygen atoms in total. The van der Waals surface area contributed by atoms with Gasteiger partial charge in [0.25, 0.3) is 0 Å². The number of carbonyl (C=O) groups excluding carboxylic acids is 1. The summed E-state index contributed by atoms with van der Waals surface area (Å²) < 4.78 is 46.8. The quantitative estimate of drug-likeness (QED) is 0.859. The number of aryl methyl sites for hydroxylation is 1. The normalized spacial score (nSPS) is 11.3. The summed E-state index contributed by atoms with van der Waals surface area (Å²) in [6.45, 7) is 0.132. The van der Waals surface area contributed by atoms with Crippen molar-refractivity contribution in [1.29, 1.82) is 0 Å². The van der Waals surface area contributed by atoms with E-state index in [0.717, 1.165) is 0 Å². The Hall–Kier alpha value is -2.49. The van der Waals surface area contributed by atoms with Crippen LogP contribution in [0.5, 0.6) is 5.75 Å². The van der Waals surface area contributed by atoms with E-state index in [1.54, 1.807) is 6.92 Å². The van der Waals surface area contributed by atoms with E-state index in [9.17, 15) is 18.0 Å². The highest BCUT2D eigenvalue weighted by Gasteiger charge is 2.29. The van der Waals surface area contributed by atoms with Crippen LogP contribution in [0.1, 0.15) is 11.8 Å². The van der Waals surface area contributed by atoms with Crippen LogP contribution in [0.15, 0.2) is 22.6 Å². The SMILES string of the molecule is Cc1nnc(CN(C)C(=O)Nc2cc(Cl)ccc2OCC(F)(F)F)o1. The van der Waals surface area contributed by atoms with Gasteiger partial charge in [0, 0.05) is 19.0 Å². The predicted molar refractivity (Wildman–Crippen MR) is 82.5 cm³/mol. The van der Waals surface area contributed by atoms with Crippen molar-refractivity contribution in [2.75, 3.05) is 19.0 Å². The highest BCUT2D eigenvalue weighted by atomic mass is 35.5. The van der Waals surface area contributed by atoms with Gasteiger partial charge in [0.05, 0.1) is 5.69 Å². The molecule has 0 bridgehead atoms. The molecule has 1 heterocycles. The molecule has 0 saturated heterocycles. The zero-order valence-electron chi connectivity index (χ0n) is 13.2. The van der Waals surface area contributed by atoms with E-state index >= 15 is 0 Å². The Morgan fingerprint density at radius 3 is 2.72 bits per heavy atom. The average Bonchev–Trinajstić information content (AvgIpc) is 2.90. The molecule has 2 aromatic rings. The van der Waals surface area contributed by atoms with Gasteiger partial charge in [-0.05, 0) is 18.2 Å². The van der Waals surface area contributed by atoms with Crippen LogP contribution in [0, 0.1) is 6.92 Å². The largest absolute Gasteiger partial charge is 0.482 e. The molecule has 0 fully saturated rings. The van der Waals surface area contributed by atoms with Crippen molar-refractivity contribution in [3.8, 4) is 5.75 Å². The zero-order chi connectivity index (χ0) is 18.6. The van der Waals surface area contributed by atoms with Gasteiger partial charge in [-0.1, -0.05) is 11.6 Å². The van der Waals surface area contributed by atoms with Crippen molar-refractivity contribution in [2.45, 2.75) is 19.6 Å². The summed E-state index contributed by atoms with van der Waals surface area (Å²) in [7, 11) is 1.45. The van der Waals surface area contributed by atoms with E-state index in [0.29, 0.717) is 5.89 Å². The lowest BCUT2D eigenvalue weighted by Crippen LogP contribution is -2.31. The maximum atomic E-state index is 12.3. The molecule has 1 aromatic heterocycles. The first-order valence-electron chi connectivity index (χ1n) is 6.94. The Kier molecular flexibility index (Phi) is 5.73. The molecular weight excluding hydrogens is 365 g/mol. The molecule has 0 aliphatic rings. The van der Waals surface area contributed by atoms with Crippen LogP contribution in [0.3, 0.4) is 0 Å². The summed E-state index contributed by atoms with van der Waals surface area (Å²) in [6.07, 6.45) is -4.51. The number of hydrogen-bond donors (Lipinski definition) is 1.